The number of carbonyl (C=O) groups is 2. The zero-order valence-electron chi connectivity index (χ0n) is 16.7. The lowest BCUT2D eigenvalue weighted by Gasteiger charge is -2.18. The molecule has 0 aliphatic carbocycles. The monoisotopic (exact) mass is 387 g/mol. The zero-order chi connectivity index (χ0) is 20.7. The number of ether oxygens (including phenoxy) is 3. The van der Waals surface area contributed by atoms with Crippen molar-refractivity contribution >= 4 is 17.6 Å². The molecule has 2 amide bonds. The molecule has 0 saturated heterocycles. The molecule has 8 heteroatoms. The topological polar surface area (TPSA) is 90.0 Å². The second kappa shape index (κ2) is 9.59. The van der Waals surface area contributed by atoms with E-state index in [9.17, 15) is 9.59 Å². The molecule has 0 unspecified atom stereocenters. The molecule has 2 rings (SSSR count). The van der Waals surface area contributed by atoms with Crippen LogP contribution in [0.15, 0.2) is 30.5 Å². The number of methoxy groups -OCH3 is 3. The predicted octanol–water partition coefficient (Wildman–Crippen LogP) is 2.06. The number of nitrogens with zero attached hydrogens (tertiary/aromatic N) is 2. The molecular formula is C20H25N3O5. The van der Waals surface area contributed by atoms with Gasteiger partial charge in [-0.15, -0.1) is 0 Å². The number of likely N-dealkylation sites (N-methyl/N-ethyl adjacent to an activating group) is 1. The van der Waals surface area contributed by atoms with E-state index in [0.29, 0.717) is 28.6 Å². The summed E-state index contributed by atoms with van der Waals surface area (Å²) >= 11 is 0. The van der Waals surface area contributed by atoms with Crippen LogP contribution < -0.4 is 19.5 Å². The maximum atomic E-state index is 12.5. The highest BCUT2D eigenvalue weighted by Gasteiger charge is 2.18. The smallest absolute Gasteiger partial charge is 0.245 e. The summed E-state index contributed by atoms with van der Waals surface area (Å²) in [7, 11) is 6.11. The fourth-order valence-corrected chi connectivity index (χ4v) is 2.64. The van der Waals surface area contributed by atoms with Crippen LogP contribution in [0, 0.1) is 6.92 Å². The Hall–Kier alpha value is -3.29. The Morgan fingerprint density at radius 2 is 1.71 bits per heavy atom. The number of rotatable bonds is 8. The summed E-state index contributed by atoms with van der Waals surface area (Å²) in [6.07, 6.45) is 1.70. The van der Waals surface area contributed by atoms with Crippen molar-refractivity contribution in [1.82, 2.24) is 9.88 Å². The van der Waals surface area contributed by atoms with E-state index in [0.717, 1.165) is 5.56 Å². The number of anilines is 1. The van der Waals surface area contributed by atoms with Gasteiger partial charge in [0.1, 0.15) is 5.82 Å². The molecule has 2 aromatic rings. The average Bonchev–Trinajstić information content (AvgIpc) is 2.66. The van der Waals surface area contributed by atoms with Crippen molar-refractivity contribution in [2.24, 2.45) is 0 Å². The highest BCUT2D eigenvalue weighted by Crippen LogP contribution is 2.38. The van der Waals surface area contributed by atoms with Crippen molar-refractivity contribution in [3.05, 3.63) is 41.6 Å². The number of benzene rings is 1. The Kier molecular flexibility index (Phi) is 7.20. The van der Waals surface area contributed by atoms with Crippen molar-refractivity contribution in [1.29, 1.82) is 0 Å². The largest absolute Gasteiger partial charge is 0.493 e. The Morgan fingerprint density at radius 3 is 2.25 bits per heavy atom. The first kappa shape index (κ1) is 21.0. The predicted molar refractivity (Wildman–Crippen MR) is 105 cm³/mol. The van der Waals surface area contributed by atoms with Crippen LogP contribution in [0.3, 0.4) is 0 Å². The summed E-state index contributed by atoms with van der Waals surface area (Å²) in [5, 5.41) is 2.68. The van der Waals surface area contributed by atoms with E-state index >= 15 is 0 Å². The standard InChI is InChI=1S/C20H25N3O5/c1-13-6-7-21-17(8-13)22-18(24)12-23(2)19(25)11-14-9-15(26-3)20(28-5)16(10-14)27-4/h6-10H,11-12H2,1-5H3,(H,21,22,24). The molecule has 1 aromatic heterocycles. The third kappa shape index (κ3) is 5.35. The summed E-state index contributed by atoms with van der Waals surface area (Å²) in [5.41, 5.74) is 1.67. The molecule has 28 heavy (non-hydrogen) atoms. The van der Waals surface area contributed by atoms with Crippen LogP contribution in [-0.2, 0) is 16.0 Å². The van der Waals surface area contributed by atoms with Gasteiger partial charge in [0.25, 0.3) is 0 Å². The van der Waals surface area contributed by atoms with E-state index in [1.165, 1.54) is 26.2 Å². The fraction of sp³-hybridized carbons (Fsp3) is 0.350. The molecule has 1 aromatic carbocycles. The Balaban J connectivity index is 2.02. The maximum absolute atomic E-state index is 12.5. The molecule has 0 bridgehead atoms. The summed E-state index contributed by atoms with van der Waals surface area (Å²) in [4.78, 5) is 30.1. The van der Waals surface area contributed by atoms with E-state index in [1.54, 1.807) is 31.4 Å². The Morgan fingerprint density at radius 1 is 1.07 bits per heavy atom. The molecule has 0 fully saturated rings. The van der Waals surface area contributed by atoms with E-state index in [-0.39, 0.29) is 24.8 Å². The molecule has 8 nitrogen and oxygen atoms in total. The second-order valence-corrected chi connectivity index (χ2v) is 6.23. The van der Waals surface area contributed by atoms with Crippen molar-refractivity contribution < 1.29 is 23.8 Å². The molecule has 1 N–H and O–H groups in total. The molecule has 1 heterocycles. The summed E-state index contributed by atoms with van der Waals surface area (Å²) < 4.78 is 15.9. The van der Waals surface area contributed by atoms with E-state index in [2.05, 4.69) is 10.3 Å². The van der Waals surface area contributed by atoms with Crippen LogP contribution in [0.1, 0.15) is 11.1 Å². The van der Waals surface area contributed by atoms with Crippen molar-refractivity contribution in [2.75, 3.05) is 40.2 Å². The lowest BCUT2D eigenvalue weighted by Crippen LogP contribution is -2.36. The normalized spacial score (nSPS) is 10.2. The maximum Gasteiger partial charge on any atom is 0.245 e. The number of carbonyl (C=O) groups excluding carboxylic acids is 2. The number of amides is 2. The van der Waals surface area contributed by atoms with E-state index in [4.69, 9.17) is 14.2 Å². The number of aryl methyl sites for hydroxylation is 1. The number of hydrogen-bond acceptors (Lipinski definition) is 6. The lowest BCUT2D eigenvalue weighted by atomic mass is 10.1. The van der Waals surface area contributed by atoms with Crippen LogP contribution in [0.5, 0.6) is 17.2 Å². The van der Waals surface area contributed by atoms with Crippen LogP contribution in [0.2, 0.25) is 0 Å². The van der Waals surface area contributed by atoms with E-state index < -0.39 is 0 Å². The van der Waals surface area contributed by atoms with Crippen LogP contribution in [0.4, 0.5) is 5.82 Å². The third-order valence-corrected chi connectivity index (χ3v) is 4.07. The fourth-order valence-electron chi connectivity index (χ4n) is 2.64. The van der Waals surface area contributed by atoms with Crippen LogP contribution in [-0.4, -0.2) is 56.6 Å². The zero-order valence-corrected chi connectivity index (χ0v) is 16.7. The van der Waals surface area contributed by atoms with Crippen molar-refractivity contribution in [3.8, 4) is 17.2 Å². The summed E-state index contributed by atoms with van der Waals surface area (Å²) in [6.45, 7) is 1.82. The summed E-state index contributed by atoms with van der Waals surface area (Å²) in [5.74, 6) is 1.31. The molecule has 0 aliphatic heterocycles. The second-order valence-electron chi connectivity index (χ2n) is 6.23. The number of hydrogen-bond donors (Lipinski definition) is 1. The van der Waals surface area contributed by atoms with Crippen LogP contribution in [0.25, 0.3) is 0 Å². The minimum absolute atomic E-state index is 0.0844. The lowest BCUT2D eigenvalue weighted by molar-refractivity contribution is -0.132. The number of pyridine rings is 1. The first-order chi connectivity index (χ1) is 13.4. The van der Waals surface area contributed by atoms with Gasteiger partial charge in [0.05, 0.1) is 34.3 Å². The molecule has 150 valence electrons. The van der Waals surface area contributed by atoms with Gasteiger partial charge in [-0.3, -0.25) is 9.59 Å². The number of aromatic nitrogens is 1. The van der Waals surface area contributed by atoms with Gasteiger partial charge >= 0.3 is 0 Å². The molecule has 0 atom stereocenters. The van der Waals surface area contributed by atoms with Gasteiger partial charge in [0.2, 0.25) is 17.6 Å². The van der Waals surface area contributed by atoms with Gasteiger partial charge in [-0.1, -0.05) is 0 Å². The minimum Gasteiger partial charge on any atom is -0.493 e. The third-order valence-electron chi connectivity index (χ3n) is 4.07. The molecule has 0 spiro atoms. The van der Waals surface area contributed by atoms with Gasteiger partial charge in [-0.05, 0) is 42.3 Å². The van der Waals surface area contributed by atoms with E-state index in [1.807, 2.05) is 13.0 Å². The number of nitrogens with one attached hydrogen (secondary N) is 1. The molecule has 0 saturated carbocycles. The van der Waals surface area contributed by atoms with Crippen molar-refractivity contribution in [3.63, 3.8) is 0 Å². The Bertz CT molecular complexity index is 828. The minimum atomic E-state index is -0.321. The Labute approximate surface area is 164 Å². The summed E-state index contributed by atoms with van der Waals surface area (Å²) in [6, 6.07) is 7.02. The van der Waals surface area contributed by atoms with Crippen molar-refractivity contribution in [2.45, 2.75) is 13.3 Å². The highest BCUT2D eigenvalue weighted by molar-refractivity contribution is 5.94. The van der Waals surface area contributed by atoms with Gasteiger partial charge in [-0.25, -0.2) is 4.98 Å². The molecular weight excluding hydrogens is 362 g/mol. The van der Waals surface area contributed by atoms with Gasteiger partial charge < -0.3 is 24.4 Å². The SMILES string of the molecule is COc1cc(CC(=O)N(C)CC(=O)Nc2cc(C)ccn2)cc(OC)c1OC. The first-order valence-electron chi connectivity index (χ1n) is 8.63. The van der Waals surface area contributed by atoms with Crippen LogP contribution >= 0.6 is 0 Å². The van der Waals surface area contributed by atoms with Gasteiger partial charge in [0, 0.05) is 13.2 Å². The molecule has 0 radical (unpaired) electrons. The average molecular weight is 387 g/mol. The quantitative estimate of drug-likeness (QED) is 0.746. The van der Waals surface area contributed by atoms with Gasteiger partial charge in [0.15, 0.2) is 11.5 Å². The van der Waals surface area contributed by atoms with Gasteiger partial charge in [-0.2, -0.15) is 0 Å². The molecule has 0 aliphatic rings. The highest BCUT2D eigenvalue weighted by atomic mass is 16.5. The first-order valence-corrected chi connectivity index (χ1v) is 8.63.